The number of halogens is 1. The molecule has 0 saturated heterocycles. The monoisotopic (exact) mass is 540 g/mol. The summed E-state index contributed by atoms with van der Waals surface area (Å²) in [6.07, 6.45) is 2.96. The Morgan fingerprint density at radius 1 is 1.02 bits per heavy atom. The van der Waals surface area contributed by atoms with Crippen molar-refractivity contribution in [2.24, 2.45) is 0 Å². The molecule has 1 aromatic heterocycles. The Hall–Kier alpha value is -4.46. The number of benzene rings is 3. The number of hydrogen-bond donors (Lipinski definition) is 3. The van der Waals surface area contributed by atoms with Crippen molar-refractivity contribution >= 4 is 17.6 Å². The Kier molecular flexibility index (Phi) is 7.43. The average Bonchev–Trinajstić information content (AvgIpc) is 3.31. The molecule has 1 aliphatic carbocycles. The van der Waals surface area contributed by atoms with Crippen LogP contribution in [-0.2, 0) is 12.0 Å². The molecule has 40 heavy (non-hydrogen) atoms. The minimum absolute atomic E-state index is 0.0113. The van der Waals surface area contributed by atoms with E-state index in [4.69, 9.17) is 0 Å². The van der Waals surface area contributed by atoms with Crippen molar-refractivity contribution in [3.8, 4) is 17.0 Å². The van der Waals surface area contributed by atoms with E-state index in [1.165, 1.54) is 16.8 Å². The number of rotatable bonds is 6. The van der Waals surface area contributed by atoms with Gasteiger partial charge in [-0.2, -0.15) is 9.78 Å². The Labute approximate surface area is 233 Å². The van der Waals surface area contributed by atoms with E-state index < -0.39 is 6.03 Å². The third kappa shape index (κ3) is 5.76. The number of anilines is 1. The highest BCUT2D eigenvalue weighted by Crippen LogP contribution is 2.39. The van der Waals surface area contributed by atoms with Crippen LogP contribution in [0.25, 0.3) is 11.3 Å². The Morgan fingerprint density at radius 3 is 2.38 bits per heavy atom. The lowest BCUT2D eigenvalue weighted by molar-refractivity contribution is 0.102. The van der Waals surface area contributed by atoms with Crippen LogP contribution < -0.4 is 10.6 Å². The van der Waals surface area contributed by atoms with Crippen molar-refractivity contribution < 1.29 is 19.1 Å². The fourth-order valence-electron chi connectivity index (χ4n) is 4.72. The molecule has 0 bridgehead atoms. The second kappa shape index (κ2) is 11.0. The number of amides is 2. The topological polar surface area (TPSA) is 96.3 Å². The lowest BCUT2D eigenvalue weighted by atomic mass is 9.82. The minimum Gasteiger partial charge on any atom is -0.507 e. The van der Waals surface area contributed by atoms with E-state index in [1.54, 1.807) is 42.5 Å². The zero-order chi connectivity index (χ0) is 28.4. The fourth-order valence-corrected chi connectivity index (χ4v) is 4.72. The first kappa shape index (κ1) is 27.1. The van der Waals surface area contributed by atoms with E-state index in [9.17, 15) is 19.1 Å². The van der Waals surface area contributed by atoms with Gasteiger partial charge in [-0.25, -0.2) is 9.18 Å². The summed E-state index contributed by atoms with van der Waals surface area (Å²) in [6, 6.07) is 19.9. The van der Waals surface area contributed by atoms with Crippen LogP contribution in [0.2, 0.25) is 0 Å². The van der Waals surface area contributed by atoms with E-state index in [0.717, 1.165) is 30.5 Å². The van der Waals surface area contributed by atoms with Crippen molar-refractivity contribution in [2.75, 3.05) is 5.32 Å². The van der Waals surface area contributed by atoms with Crippen LogP contribution in [0.15, 0.2) is 72.8 Å². The summed E-state index contributed by atoms with van der Waals surface area (Å²) in [7, 11) is 0. The van der Waals surface area contributed by atoms with Crippen LogP contribution in [0.1, 0.15) is 73.1 Å². The van der Waals surface area contributed by atoms with E-state index in [1.807, 2.05) is 18.2 Å². The molecule has 206 valence electrons. The highest BCUT2D eigenvalue weighted by Gasteiger charge is 2.28. The van der Waals surface area contributed by atoms with Gasteiger partial charge >= 0.3 is 6.03 Å². The lowest BCUT2D eigenvalue weighted by Crippen LogP contribution is -2.31. The van der Waals surface area contributed by atoms with E-state index in [2.05, 4.69) is 36.5 Å². The molecule has 0 spiro atoms. The van der Waals surface area contributed by atoms with Gasteiger partial charge in [-0.05, 0) is 60.2 Å². The molecule has 1 aliphatic rings. The van der Waals surface area contributed by atoms with Gasteiger partial charge in [0.05, 0.1) is 11.4 Å². The number of phenols is 1. The molecule has 0 atom stereocenters. The van der Waals surface area contributed by atoms with Gasteiger partial charge in [0, 0.05) is 40.9 Å². The number of nitrogens with one attached hydrogen (secondary N) is 2. The SMILES string of the molecule is CC(C)(C)c1ccc(C(=O)Nc2ccc(-c3cc(C4CCC4)n(C(=O)NCc4ccccc4F)n3)c(O)c2)cc1. The fraction of sp³-hybridized carbons (Fsp3) is 0.281. The minimum atomic E-state index is -0.461. The molecule has 0 radical (unpaired) electrons. The maximum atomic E-state index is 14.0. The second-order valence-corrected chi connectivity index (χ2v) is 11.3. The smallest absolute Gasteiger partial charge is 0.342 e. The van der Waals surface area contributed by atoms with Gasteiger partial charge in [0.25, 0.3) is 5.91 Å². The van der Waals surface area contributed by atoms with Crippen LogP contribution in [-0.4, -0.2) is 26.8 Å². The first-order valence-corrected chi connectivity index (χ1v) is 13.5. The highest BCUT2D eigenvalue weighted by atomic mass is 19.1. The van der Waals surface area contributed by atoms with Crippen LogP contribution in [0.5, 0.6) is 5.75 Å². The molecule has 3 aromatic carbocycles. The number of aromatic nitrogens is 2. The number of carbonyl (C=O) groups excluding carboxylic acids is 2. The van der Waals surface area contributed by atoms with Gasteiger partial charge in [0.2, 0.25) is 0 Å². The number of carbonyl (C=O) groups is 2. The molecule has 4 aromatic rings. The summed E-state index contributed by atoms with van der Waals surface area (Å²) < 4.78 is 15.3. The molecule has 1 saturated carbocycles. The Morgan fingerprint density at radius 2 is 1.75 bits per heavy atom. The normalized spacial score (nSPS) is 13.5. The molecule has 1 heterocycles. The van der Waals surface area contributed by atoms with E-state index >= 15 is 0 Å². The van der Waals surface area contributed by atoms with Gasteiger partial charge in [0.1, 0.15) is 11.6 Å². The zero-order valence-electron chi connectivity index (χ0n) is 22.9. The molecule has 3 N–H and O–H groups in total. The number of aromatic hydroxyl groups is 1. The van der Waals surface area contributed by atoms with Crippen LogP contribution in [0, 0.1) is 5.82 Å². The van der Waals surface area contributed by atoms with Gasteiger partial charge < -0.3 is 15.7 Å². The van der Waals surface area contributed by atoms with Gasteiger partial charge in [-0.3, -0.25) is 4.79 Å². The molecule has 1 fully saturated rings. The standard InChI is InChI=1S/C32H33FN4O3/c1-32(2,3)23-13-11-21(12-14-23)30(39)35-24-15-16-25(29(38)17-24)27-18-28(20-8-6-9-20)37(36-27)31(40)34-19-22-7-4-5-10-26(22)33/h4-5,7,10-18,20,38H,6,8-9,19H2,1-3H3,(H,34,40)(H,35,39). The lowest BCUT2D eigenvalue weighted by Gasteiger charge is -2.25. The highest BCUT2D eigenvalue weighted by molar-refractivity contribution is 6.04. The van der Waals surface area contributed by atoms with Crippen LogP contribution in [0.3, 0.4) is 0 Å². The van der Waals surface area contributed by atoms with Crippen molar-refractivity contribution in [1.29, 1.82) is 0 Å². The summed E-state index contributed by atoms with van der Waals surface area (Å²) in [5.41, 5.74) is 4.09. The summed E-state index contributed by atoms with van der Waals surface area (Å²) in [6.45, 7) is 6.37. The van der Waals surface area contributed by atoms with Gasteiger partial charge in [0.15, 0.2) is 0 Å². The maximum Gasteiger partial charge on any atom is 0.342 e. The average molecular weight is 541 g/mol. The summed E-state index contributed by atoms with van der Waals surface area (Å²) in [4.78, 5) is 25.9. The molecular weight excluding hydrogens is 507 g/mol. The summed E-state index contributed by atoms with van der Waals surface area (Å²) in [5, 5.41) is 20.9. The molecule has 0 aliphatic heterocycles. The van der Waals surface area contributed by atoms with Crippen molar-refractivity contribution in [3.63, 3.8) is 0 Å². The van der Waals surface area contributed by atoms with Crippen LogP contribution >= 0.6 is 0 Å². The summed E-state index contributed by atoms with van der Waals surface area (Å²) >= 11 is 0. The molecular formula is C32H33FN4O3. The molecule has 7 nitrogen and oxygen atoms in total. The predicted molar refractivity (Wildman–Crippen MR) is 153 cm³/mol. The van der Waals surface area contributed by atoms with Crippen molar-refractivity contribution in [3.05, 3.63) is 101 Å². The van der Waals surface area contributed by atoms with Crippen LogP contribution in [0.4, 0.5) is 14.9 Å². The van der Waals surface area contributed by atoms with Crippen molar-refractivity contribution in [1.82, 2.24) is 15.1 Å². The first-order chi connectivity index (χ1) is 19.1. The zero-order valence-corrected chi connectivity index (χ0v) is 22.9. The molecule has 0 unspecified atom stereocenters. The third-order valence-electron chi connectivity index (χ3n) is 7.39. The number of nitrogens with zero attached hydrogens (tertiary/aromatic N) is 2. The van der Waals surface area contributed by atoms with E-state index in [-0.39, 0.29) is 35.4 Å². The molecule has 8 heteroatoms. The largest absolute Gasteiger partial charge is 0.507 e. The maximum absolute atomic E-state index is 14.0. The van der Waals surface area contributed by atoms with Gasteiger partial charge in [-0.1, -0.05) is 57.5 Å². The number of hydrogen-bond acceptors (Lipinski definition) is 4. The predicted octanol–water partition coefficient (Wildman–Crippen LogP) is 6.97. The van der Waals surface area contributed by atoms with Gasteiger partial charge in [-0.15, -0.1) is 0 Å². The Balaban J connectivity index is 1.33. The molecule has 5 rings (SSSR count). The second-order valence-electron chi connectivity index (χ2n) is 11.3. The summed E-state index contributed by atoms with van der Waals surface area (Å²) in [5.74, 6) is -0.554. The number of phenolic OH excluding ortho intramolecular Hbond substituents is 1. The third-order valence-corrected chi connectivity index (χ3v) is 7.39. The quantitative estimate of drug-likeness (QED) is 0.246. The first-order valence-electron chi connectivity index (χ1n) is 13.5. The molecule has 2 amide bonds. The van der Waals surface area contributed by atoms with E-state index in [0.29, 0.717) is 28.1 Å². The Bertz CT molecular complexity index is 1550. The van der Waals surface area contributed by atoms with Crippen molar-refractivity contribution in [2.45, 2.75) is 57.9 Å².